The summed E-state index contributed by atoms with van der Waals surface area (Å²) in [6, 6.07) is -0.989. The number of hydrogen-bond acceptors (Lipinski definition) is 4. The summed E-state index contributed by atoms with van der Waals surface area (Å²) in [6.45, 7) is 16.5. The fourth-order valence-electron chi connectivity index (χ4n) is 4.66. The molecular weight excluding hydrogens is 418 g/mol. The normalized spacial score (nSPS) is 20.8. The minimum Gasteiger partial charge on any atom is -0.478 e. The smallest absolute Gasteiger partial charge is 0.331 e. The molecule has 190 valence electrons. The number of carbonyl (C=O) groups excluding carboxylic acids is 2. The zero-order valence-electron chi connectivity index (χ0n) is 22.3. The summed E-state index contributed by atoms with van der Waals surface area (Å²) in [6.07, 6.45) is 6.64. The van der Waals surface area contributed by atoms with Crippen molar-refractivity contribution in [3.8, 4) is 0 Å². The number of likely N-dealkylation sites (tertiary alicyclic amines) is 1. The Morgan fingerprint density at radius 2 is 1.79 bits per heavy atom. The third-order valence-electron chi connectivity index (χ3n) is 6.76. The van der Waals surface area contributed by atoms with Crippen LogP contribution >= 0.6 is 0 Å². The van der Waals surface area contributed by atoms with Crippen molar-refractivity contribution in [3.05, 3.63) is 11.6 Å². The Balaban J connectivity index is 3.16. The highest BCUT2D eigenvalue weighted by atomic mass is 16.4. The lowest BCUT2D eigenvalue weighted by Gasteiger charge is -2.41. The second kappa shape index (κ2) is 12.5. The summed E-state index contributed by atoms with van der Waals surface area (Å²) in [5.41, 5.74) is -0.296. The van der Waals surface area contributed by atoms with E-state index >= 15 is 0 Å². The predicted molar refractivity (Wildman–Crippen MR) is 133 cm³/mol. The number of rotatable bonds is 10. The van der Waals surface area contributed by atoms with Gasteiger partial charge >= 0.3 is 5.97 Å². The van der Waals surface area contributed by atoms with Crippen LogP contribution in [0.25, 0.3) is 0 Å². The maximum Gasteiger partial charge on any atom is 0.331 e. The molecule has 0 radical (unpaired) electrons. The summed E-state index contributed by atoms with van der Waals surface area (Å²) < 4.78 is 0. The van der Waals surface area contributed by atoms with Gasteiger partial charge in [-0.1, -0.05) is 60.5 Å². The Bertz CT molecular complexity index is 711. The van der Waals surface area contributed by atoms with Crippen LogP contribution in [0.5, 0.6) is 0 Å². The Morgan fingerprint density at radius 1 is 1.18 bits per heavy atom. The Morgan fingerprint density at radius 3 is 2.27 bits per heavy atom. The molecule has 2 N–H and O–H groups in total. The van der Waals surface area contributed by atoms with Crippen molar-refractivity contribution in [1.82, 2.24) is 15.1 Å². The molecule has 1 saturated heterocycles. The molecule has 1 fully saturated rings. The highest BCUT2D eigenvalue weighted by Crippen LogP contribution is 2.26. The number of carboxylic acids is 1. The molecule has 2 amide bonds. The molecule has 1 heterocycles. The van der Waals surface area contributed by atoms with E-state index in [1.54, 1.807) is 18.0 Å². The SMILES string of the molecule is CCCC(C)N1CCCCC1C(=O)N[C@H](C(=O)N(C)[C@H](C=C(C)C(=O)O)C(C)C)C(C)(C)C. The van der Waals surface area contributed by atoms with Gasteiger partial charge in [0.25, 0.3) is 0 Å². The summed E-state index contributed by atoms with van der Waals surface area (Å²) >= 11 is 0. The van der Waals surface area contributed by atoms with Crippen molar-refractivity contribution in [2.24, 2.45) is 11.3 Å². The largest absolute Gasteiger partial charge is 0.478 e. The van der Waals surface area contributed by atoms with Crippen LogP contribution in [0.3, 0.4) is 0 Å². The summed E-state index contributed by atoms with van der Waals surface area (Å²) in [5, 5.41) is 12.4. The highest BCUT2D eigenvalue weighted by molar-refractivity contribution is 5.91. The second-order valence-electron chi connectivity index (χ2n) is 11.0. The lowest BCUT2D eigenvalue weighted by Crippen LogP contribution is -2.60. The van der Waals surface area contributed by atoms with Crippen molar-refractivity contribution >= 4 is 17.8 Å². The van der Waals surface area contributed by atoms with Gasteiger partial charge in [-0.25, -0.2) is 4.79 Å². The van der Waals surface area contributed by atoms with Crippen LogP contribution in [0.15, 0.2) is 11.6 Å². The lowest BCUT2D eigenvalue weighted by molar-refractivity contribution is -0.142. The Kier molecular flexibility index (Phi) is 11.1. The van der Waals surface area contributed by atoms with E-state index < -0.39 is 17.4 Å². The third-order valence-corrected chi connectivity index (χ3v) is 6.76. The van der Waals surface area contributed by atoms with Crippen LogP contribution in [0.1, 0.15) is 87.5 Å². The van der Waals surface area contributed by atoms with Crippen molar-refractivity contribution in [3.63, 3.8) is 0 Å². The fraction of sp³-hybridized carbons (Fsp3) is 0.808. The van der Waals surface area contributed by atoms with Gasteiger partial charge in [0, 0.05) is 18.7 Å². The molecule has 1 rings (SSSR count). The number of likely N-dealkylation sites (N-methyl/N-ethyl adjacent to an activating group) is 1. The number of carboxylic acid groups (broad SMARTS) is 1. The van der Waals surface area contributed by atoms with Gasteiger partial charge in [-0.3, -0.25) is 14.5 Å². The molecule has 0 bridgehead atoms. The number of amides is 2. The summed E-state index contributed by atoms with van der Waals surface area (Å²) in [7, 11) is 1.69. The van der Waals surface area contributed by atoms with E-state index in [0.717, 1.165) is 38.6 Å². The molecule has 1 aliphatic rings. The molecule has 33 heavy (non-hydrogen) atoms. The van der Waals surface area contributed by atoms with Crippen LogP contribution in [0.2, 0.25) is 0 Å². The average molecular weight is 466 g/mol. The van der Waals surface area contributed by atoms with Gasteiger partial charge in [0.1, 0.15) is 6.04 Å². The van der Waals surface area contributed by atoms with Crippen molar-refractivity contribution < 1.29 is 19.5 Å². The van der Waals surface area contributed by atoms with Crippen LogP contribution in [-0.2, 0) is 14.4 Å². The summed E-state index contributed by atoms with van der Waals surface area (Å²) in [5.74, 6) is -1.26. The average Bonchev–Trinajstić information content (AvgIpc) is 2.73. The molecule has 0 aromatic rings. The highest BCUT2D eigenvalue weighted by Gasteiger charge is 2.40. The van der Waals surface area contributed by atoms with Gasteiger partial charge in [0.2, 0.25) is 11.8 Å². The first kappa shape index (κ1) is 29.1. The zero-order chi connectivity index (χ0) is 25.5. The van der Waals surface area contributed by atoms with Crippen LogP contribution in [0.4, 0.5) is 0 Å². The van der Waals surface area contributed by atoms with Gasteiger partial charge < -0.3 is 15.3 Å². The number of hydrogen-bond donors (Lipinski definition) is 2. The molecular formula is C26H47N3O4. The molecule has 0 spiro atoms. The maximum atomic E-state index is 13.6. The number of aliphatic carboxylic acids is 1. The first-order valence-corrected chi connectivity index (χ1v) is 12.5. The monoisotopic (exact) mass is 465 g/mol. The van der Waals surface area contributed by atoms with Gasteiger partial charge in [0.05, 0.1) is 12.1 Å². The number of piperidine rings is 1. The summed E-state index contributed by atoms with van der Waals surface area (Å²) in [4.78, 5) is 42.4. The predicted octanol–water partition coefficient (Wildman–Crippen LogP) is 4.07. The van der Waals surface area contributed by atoms with E-state index in [4.69, 9.17) is 0 Å². The standard InChI is InChI=1S/C26H47N3O4/c1-10-13-19(5)29-15-12-11-14-20(29)23(30)27-22(26(6,7)8)24(31)28(9)21(17(2)3)16-18(4)25(32)33/h16-17,19-22H,10-15H2,1-9H3,(H,27,30)(H,32,33)/t19?,20?,21-,22-/m1/s1. The Hall–Kier alpha value is -1.89. The second-order valence-corrected chi connectivity index (χ2v) is 11.0. The van der Waals surface area contributed by atoms with Crippen LogP contribution in [0, 0.1) is 11.3 Å². The van der Waals surface area contributed by atoms with E-state index in [1.165, 1.54) is 6.92 Å². The molecule has 0 saturated carbocycles. The lowest BCUT2D eigenvalue weighted by atomic mass is 9.84. The van der Waals surface area contributed by atoms with Gasteiger partial charge in [-0.15, -0.1) is 0 Å². The van der Waals surface area contributed by atoms with Gasteiger partial charge in [-0.2, -0.15) is 0 Å². The molecule has 7 nitrogen and oxygen atoms in total. The first-order valence-electron chi connectivity index (χ1n) is 12.5. The molecule has 7 heteroatoms. The van der Waals surface area contributed by atoms with Gasteiger partial charge in [0.15, 0.2) is 0 Å². The van der Waals surface area contributed by atoms with E-state index in [1.807, 2.05) is 34.6 Å². The maximum absolute atomic E-state index is 13.6. The molecule has 0 aromatic carbocycles. The molecule has 0 aliphatic carbocycles. The van der Waals surface area contributed by atoms with E-state index in [0.29, 0.717) is 6.04 Å². The third kappa shape index (κ3) is 8.13. The Labute approximate surface area is 201 Å². The number of nitrogens with zero attached hydrogens (tertiary/aromatic N) is 2. The van der Waals surface area contributed by atoms with Crippen molar-refractivity contribution in [1.29, 1.82) is 0 Å². The zero-order valence-corrected chi connectivity index (χ0v) is 22.3. The van der Waals surface area contributed by atoms with Crippen LogP contribution < -0.4 is 5.32 Å². The molecule has 2 unspecified atom stereocenters. The fourth-order valence-corrected chi connectivity index (χ4v) is 4.66. The molecule has 4 atom stereocenters. The molecule has 1 aliphatic heterocycles. The van der Waals surface area contributed by atoms with E-state index in [-0.39, 0.29) is 35.4 Å². The van der Waals surface area contributed by atoms with Gasteiger partial charge in [-0.05, 0) is 51.0 Å². The minimum atomic E-state index is -0.999. The van der Waals surface area contributed by atoms with E-state index in [9.17, 15) is 19.5 Å². The van der Waals surface area contributed by atoms with E-state index in [2.05, 4.69) is 24.1 Å². The number of carbonyl (C=O) groups is 3. The topological polar surface area (TPSA) is 90.0 Å². The first-order chi connectivity index (χ1) is 15.2. The van der Waals surface area contributed by atoms with Crippen LogP contribution in [-0.4, -0.2) is 70.4 Å². The molecule has 0 aromatic heterocycles. The van der Waals surface area contributed by atoms with Crippen molar-refractivity contribution in [2.75, 3.05) is 13.6 Å². The number of nitrogens with one attached hydrogen (secondary N) is 1. The quantitative estimate of drug-likeness (QED) is 0.475. The van der Waals surface area contributed by atoms with Crippen molar-refractivity contribution in [2.45, 2.75) is 112 Å². The minimum absolute atomic E-state index is 0.0216.